The van der Waals surface area contributed by atoms with Gasteiger partial charge in [0.1, 0.15) is 12.4 Å². The molecule has 1 aliphatic rings. The van der Waals surface area contributed by atoms with Crippen molar-refractivity contribution in [3.63, 3.8) is 0 Å². The lowest BCUT2D eigenvalue weighted by atomic mass is 10.1. The molecule has 0 spiro atoms. The zero-order valence-corrected chi connectivity index (χ0v) is 13.7. The summed E-state index contributed by atoms with van der Waals surface area (Å²) < 4.78 is 18.2. The van der Waals surface area contributed by atoms with Crippen molar-refractivity contribution >= 4 is 23.7 Å². The Labute approximate surface area is 151 Å². The molecule has 0 radical (unpaired) electrons. The molecule has 8 nitrogen and oxygen atoms in total. The number of carbonyl (C=O) groups is 3. The predicted octanol–water partition coefficient (Wildman–Crippen LogP) is 2.11. The van der Waals surface area contributed by atoms with Crippen molar-refractivity contribution in [3.05, 3.63) is 65.5 Å². The van der Waals surface area contributed by atoms with Crippen molar-refractivity contribution in [1.82, 2.24) is 15.1 Å². The van der Waals surface area contributed by atoms with Gasteiger partial charge in [0.25, 0.3) is 11.8 Å². The van der Waals surface area contributed by atoms with Gasteiger partial charge in [0.05, 0.1) is 11.1 Å². The van der Waals surface area contributed by atoms with Crippen LogP contribution < -0.4 is 5.32 Å². The van der Waals surface area contributed by atoms with E-state index < -0.39 is 30.1 Å². The minimum absolute atomic E-state index is 0.0889. The minimum atomic E-state index is -0.668. The Bertz CT molecular complexity index is 1030. The highest BCUT2D eigenvalue weighted by Gasteiger charge is 2.36. The summed E-state index contributed by atoms with van der Waals surface area (Å²) in [5.41, 5.74) is 0.989. The molecule has 1 N–H and O–H groups in total. The van der Waals surface area contributed by atoms with Crippen LogP contribution in [0.25, 0.3) is 11.5 Å². The Morgan fingerprint density at radius 1 is 1.00 bits per heavy atom. The zero-order valence-electron chi connectivity index (χ0n) is 13.7. The van der Waals surface area contributed by atoms with E-state index in [0.29, 0.717) is 5.56 Å². The van der Waals surface area contributed by atoms with E-state index in [0.717, 1.165) is 4.90 Å². The van der Waals surface area contributed by atoms with Gasteiger partial charge in [0.2, 0.25) is 11.8 Å². The number of hydrogen-bond acceptors (Lipinski definition) is 6. The normalized spacial score (nSPS) is 13.0. The van der Waals surface area contributed by atoms with Crippen molar-refractivity contribution in [2.24, 2.45) is 0 Å². The molecule has 0 fully saturated rings. The summed E-state index contributed by atoms with van der Waals surface area (Å²) in [6.07, 6.45) is 0. The Morgan fingerprint density at radius 2 is 1.63 bits per heavy atom. The monoisotopic (exact) mass is 366 g/mol. The van der Waals surface area contributed by atoms with Crippen molar-refractivity contribution in [1.29, 1.82) is 0 Å². The molecule has 3 amide bonds. The maximum absolute atomic E-state index is 13.0. The zero-order chi connectivity index (χ0) is 19.0. The molecule has 1 aliphatic heterocycles. The first-order valence-corrected chi connectivity index (χ1v) is 7.87. The van der Waals surface area contributed by atoms with Crippen LogP contribution >= 0.6 is 0 Å². The lowest BCUT2D eigenvalue weighted by Crippen LogP contribution is -2.37. The van der Waals surface area contributed by atoms with E-state index in [-0.39, 0.29) is 23.0 Å². The maximum Gasteiger partial charge on any atom is 0.322 e. The molecule has 1 aromatic heterocycles. The largest absolute Gasteiger partial charge is 0.403 e. The lowest BCUT2D eigenvalue weighted by Gasteiger charge is -2.12. The van der Waals surface area contributed by atoms with Crippen LogP contribution in [0.4, 0.5) is 10.4 Å². The van der Waals surface area contributed by atoms with Crippen molar-refractivity contribution in [3.8, 4) is 11.5 Å². The van der Waals surface area contributed by atoms with Crippen LogP contribution in [0, 0.1) is 5.82 Å². The number of nitrogens with zero attached hydrogens (tertiary/aromatic N) is 3. The van der Waals surface area contributed by atoms with Crippen molar-refractivity contribution in [2.45, 2.75) is 0 Å². The van der Waals surface area contributed by atoms with Gasteiger partial charge in [-0.15, -0.1) is 5.10 Å². The van der Waals surface area contributed by atoms with E-state index in [1.54, 1.807) is 12.1 Å². The highest BCUT2D eigenvalue weighted by atomic mass is 19.1. The number of fused-ring (bicyclic) bond motifs is 1. The molecule has 0 saturated carbocycles. The molecule has 0 saturated heterocycles. The number of anilines is 1. The summed E-state index contributed by atoms with van der Waals surface area (Å²) in [6.45, 7) is -0.486. The number of hydrogen-bond donors (Lipinski definition) is 1. The van der Waals surface area contributed by atoms with Gasteiger partial charge < -0.3 is 4.42 Å². The summed E-state index contributed by atoms with van der Waals surface area (Å²) >= 11 is 0. The van der Waals surface area contributed by atoms with Gasteiger partial charge in [-0.05, 0) is 36.4 Å². The second-order valence-electron chi connectivity index (χ2n) is 5.71. The van der Waals surface area contributed by atoms with Crippen LogP contribution in [0.1, 0.15) is 20.7 Å². The maximum atomic E-state index is 13.0. The van der Waals surface area contributed by atoms with Gasteiger partial charge in [-0.2, -0.15) is 0 Å². The van der Waals surface area contributed by atoms with E-state index in [9.17, 15) is 18.8 Å². The summed E-state index contributed by atoms with van der Waals surface area (Å²) in [4.78, 5) is 37.5. The molecule has 2 heterocycles. The fraction of sp³-hybridized carbons (Fsp3) is 0.0556. The molecular weight excluding hydrogens is 355 g/mol. The van der Waals surface area contributed by atoms with Crippen LogP contribution in [0.5, 0.6) is 0 Å². The first-order chi connectivity index (χ1) is 13.0. The van der Waals surface area contributed by atoms with Crippen LogP contribution in [-0.4, -0.2) is 39.4 Å². The van der Waals surface area contributed by atoms with Crippen molar-refractivity contribution < 1.29 is 23.2 Å². The van der Waals surface area contributed by atoms with Crippen LogP contribution in [0.3, 0.4) is 0 Å². The van der Waals surface area contributed by atoms with Crippen LogP contribution in [-0.2, 0) is 4.79 Å². The SMILES string of the molecule is O=C(CN1C(=O)c2ccccc2C1=O)Nc1nnc(-c2ccc(F)cc2)o1. The van der Waals surface area contributed by atoms with Gasteiger partial charge in [0.15, 0.2) is 0 Å². The highest BCUT2D eigenvalue weighted by Crippen LogP contribution is 2.23. The van der Waals surface area contributed by atoms with E-state index in [2.05, 4.69) is 15.5 Å². The molecule has 27 heavy (non-hydrogen) atoms. The topological polar surface area (TPSA) is 105 Å². The van der Waals surface area contributed by atoms with Gasteiger partial charge in [-0.25, -0.2) is 4.39 Å². The standard InChI is InChI=1S/C18H11FN4O4/c19-11-7-5-10(6-8-11)15-21-22-18(27-15)20-14(24)9-23-16(25)12-3-1-2-4-13(12)17(23)26/h1-8H,9H2,(H,20,22,24). The number of carbonyl (C=O) groups excluding carboxylic acids is 3. The number of benzene rings is 2. The molecule has 134 valence electrons. The van der Waals surface area contributed by atoms with E-state index in [1.165, 1.54) is 36.4 Å². The average molecular weight is 366 g/mol. The number of amides is 3. The number of rotatable bonds is 4. The second-order valence-corrected chi connectivity index (χ2v) is 5.71. The number of imide groups is 1. The molecule has 9 heteroatoms. The molecule has 2 aromatic carbocycles. The summed E-state index contributed by atoms with van der Waals surface area (Å²) in [5, 5.41) is 9.78. The molecule has 0 aliphatic carbocycles. The number of halogens is 1. The molecule has 3 aromatic rings. The van der Waals surface area contributed by atoms with E-state index in [4.69, 9.17) is 4.42 Å². The molecule has 0 bridgehead atoms. The fourth-order valence-electron chi connectivity index (χ4n) is 2.67. The van der Waals surface area contributed by atoms with Crippen molar-refractivity contribution in [2.75, 3.05) is 11.9 Å². The summed E-state index contributed by atoms with van der Waals surface area (Å²) in [6, 6.07) is 11.5. The van der Waals surface area contributed by atoms with Gasteiger partial charge >= 0.3 is 6.01 Å². The van der Waals surface area contributed by atoms with Crippen LogP contribution in [0.2, 0.25) is 0 Å². The van der Waals surface area contributed by atoms with E-state index >= 15 is 0 Å². The minimum Gasteiger partial charge on any atom is -0.403 e. The average Bonchev–Trinajstić information content (AvgIpc) is 3.22. The Hall–Kier alpha value is -3.88. The predicted molar refractivity (Wildman–Crippen MR) is 90.1 cm³/mol. The Morgan fingerprint density at radius 3 is 2.26 bits per heavy atom. The first kappa shape index (κ1) is 16.6. The molecule has 0 unspecified atom stereocenters. The quantitative estimate of drug-likeness (QED) is 0.709. The Balaban J connectivity index is 1.44. The summed E-state index contributed by atoms with van der Waals surface area (Å²) in [7, 11) is 0. The third-order valence-corrected chi connectivity index (χ3v) is 3.94. The van der Waals surface area contributed by atoms with Gasteiger partial charge in [-0.3, -0.25) is 24.6 Å². The van der Waals surface area contributed by atoms with Crippen LogP contribution in [0.15, 0.2) is 52.9 Å². The third kappa shape index (κ3) is 3.06. The summed E-state index contributed by atoms with van der Waals surface area (Å²) in [5.74, 6) is -2.07. The van der Waals surface area contributed by atoms with Gasteiger partial charge in [-0.1, -0.05) is 17.2 Å². The highest BCUT2D eigenvalue weighted by molar-refractivity contribution is 6.22. The third-order valence-electron chi connectivity index (χ3n) is 3.94. The Kier molecular flexibility index (Phi) is 3.96. The molecular formula is C18H11FN4O4. The van der Waals surface area contributed by atoms with Gasteiger partial charge in [0, 0.05) is 5.56 Å². The first-order valence-electron chi connectivity index (χ1n) is 7.87. The van der Waals surface area contributed by atoms with E-state index in [1.807, 2.05) is 0 Å². The number of nitrogens with one attached hydrogen (secondary N) is 1. The fourth-order valence-corrected chi connectivity index (χ4v) is 2.67. The molecule has 4 rings (SSSR count). The number of aromatic nitrogens is 2. The lowest BCUT2D eigenvalue weighted by molar-refractivity contribution is -0.116. The molecule has 0 atom stereocenters. The smallest absolute Gasteiger partial charge is 0.322 e. The second kappa shape index (κ2) is 6.45.